The topological polar surface area (TPSA) is 62.3 Å². The summed E-state index contributed by atoms with van der Waals surface area (Å²) in [6.07, 6.45) is 2.85. The van der Waals surface area contributed by atoms with Crippen LogP contribution in [0.25, 0.3) is 0 Å². The molecule has 0 aliphatic heterocycles. The first-order valence-electron chi connectivity index (χ1n) is 9.10. The van der Waals surface area contributed by atoms with Gasteiger partial charge in [-0.05, 0) is 24.7 Å². The van der Waals surface area contributed by atoms with E-state index in [1.165, 1.54) is 11.3 Å². The lowest BCUT2D eigenvalue weighted by molar-refractivity contribution is -0.138. The summed E-state index contributed by atoms with van der Waals surface area (Å²) in [5.41, 5.74) is 0. The number of amides is 2. The molecule has 160 valence electrons. The molecule has 0 fully saturated rings. The number of alkyl halides is 4. The fraction of sp³-hybridized carbons (Fsp3) is 0.722. The normalized spacial score (nSPS) is 15.9. The average Bonchev–Trinajstić information content (AvgIpc) is 3.17. The minimum absolute atomic E-state index is 0.0508. The number of hydrogen-bond donors (Lipinski definition) is 1. The van der Waals surface area contributed by atoms with Crippen molar-refractivity contribution in [3.05, 3.63) is 16.6 Å². The standard InChI is InChI=1S/C18H27Cl4N3O2S/c1-5-14(26)24-12(8-10(2)15(19)20)18(27)25(4)13(9-11(3)16(21)22)17-23-6-7-28-17/h6-7,10-13,15-16H,5,8-9H2,1-4H3,(H,24,26)/t10-,11-,12-,13-/m1/s1. The van der Waals surface area contributed by atoms with Gasteiger partial charge in [-0.1, -0.05) is 20.8 Å². The van der Waals surface area contributed by atoms with Crippen LogP contribution < -0.4 is 5.32 Å². The second kappa shape index (κ2) is 12.4. The number of carbonyl (C=O) groups excluding carboxylic acids is 2. The Morgan fingerprint density at radius 1 is 1.14 bits per heavy atom. The summed E-state index contributed by atoms with van der Waals surface area (Å²) in [6, 6.07) is -1.03. The van der Waals surface area contributed by atoms with E-state index in [2.05, 4.69) is 10.3 Å². The van der Waals surface area contributed by atoms with Crippen molar-refractivity contribution in [1.82, 2.24) is 15.2 Å². The van der Waals surface area contributed by atoms with Crippen LogP contribution in [0.15, 0.2) is 11.6 Å². The lowest BCUT2D eigenvalue weighted by atomic mass is 9.99. The van der Waals surface area contributed by atoms with Crippen LogP contribution in [-0.2, 0) is 9.59 Å². The van der Waals surface area contributed by atoms with Crippen LogP contribution >= 0.6 is 57.7 Å². The molecule has 1 heterocycles. The van der Waals surface area contributed by atoms with Gasteiger partial charge in [0.1, 0.15) is 20.7 Å². The third kappa shape index (κ3) is 7.86. The Kier molecular flexibility index (Phi) is 11.4. The van der Waals surface area contributed by atoms with E-state index in [9.17, 15) is 9.59 Å². The Bertz CT molecular complexity index is 616. The molecule has 0 aliphatic rings. The summed E-state index contributed by atoms with van der Waals surface area (Å²) in [5.74, 6) is -0.656. The Labute approximate surface area is 191 Å². The van der Waals surface area contributed by atoms with E-state index < -0.39 is 15.7 Å². The average molecular weight is 491 g/mol. The van der Waals surface area contributed by atoms with Crippen LogP contribution in [0.5, 0.6) is 0 Å². The minimum atomic E-state index is -0.729. The number of carbonyl (C=O) groups is 2. The number of rotatable bonds is 11. The number of aromatic nitrogens is 1. The zero-order valence-electron chi connectivity index (χ0n) is 16.4. The van der Waals surface area contributed by atoms with Gasteiger partial charge in [-0.3, -0.25) is 9.59 Å². The van der Waals surface area contributed by atoms with E-state index >= 15 is 0 Å². The number of halogens is 4. The second-order valence-corrected chi connectivity index (χ2v) is 10.2. The van der Waals surface area contributed by atoms with Gasteiger partial charge in [0.05, 0.1) is 6.04 Å². The second-order valence-electron chi connectivity index (χ2n) is 6.90. The Hall–Kier alpha value is -0.270. The fourth-order valence-electron chi connectivity index (χ4n) is 2.67. The van der Waals surface area contributed by atoms with E-state index in [0.717, 1.165) is 5.01 Å². The lowest BCUT2D eigenvalue weighted by Crippen LogP contribution is -2.49. The van der Waals surface area contributed by atoms with Crippen LogP contribution in [0.1, 0.15) is 51.1 Å². The SMILES string of the molecule is CCC(=O)N[C@H](C[C@@H](C)C(Cl)Cl)C(=O)N(C)[C@H](C[C@@H](C)C(Cl)Cl)c1nccs1. The zero-order chi connectivity index (χ0) is 21.4. The van der Waals surface area contributed by atoms with Gasteiger partial charge in [0, 0.05) is 25.0 Å². The van der Waals surface area contributed by atoms with Crippen LogP contribution in [0, 0.1) is 11.8 Å². The molecule has 0 radical (unpaired) electrons. The quantitative estimate of drug-likeness (QED) is 0.433. The summed E-state index contributed by atoms with van der Waals surface area (Å²) in [5, 5.41) is 5.44. The van der Waals surface area contributed by atoms with E-state index in [0.29, 0.717) is 12.8 Å². The van der Waals surface area contributed by atoms with E-state index in [4.69, 9.17) is 46.4 Å². The molecule has 10 heteroatoms. The largest absolute Gasteiger partial charge is 0.344 e. The molecule has 0 saturated carbocycles. The highest BCUT2D eigenvalue weighted by molar-refractivity contribution is 7.09. The van der Waals surface area contributed by atoms with Crippen molar-refractivity contribution in [1.29, 1.82) is 0 Å². The van der Waals surface area contributed by atoms with Gasteiger partial charge in [0.2, 0.25) is 11.8 Å². The summed E-state index contributed by atoms with van der Waals surface area (Å²) in [4.78, 5) is 30.0. The van der Waals surface area contributed by atoms with Gasteiger partial charge in [0.15, 0.2) is 0 Å². The fourth-order valence-corrected chi connectivity index (χ4v) is 3.88. The highest BCUT2D eigenvalue weighted by atomic mass is 35.5. The van der Waals surface area contributed by atoms with Crippen molar-refractivity contribution >= 4 is 69.6 Å². The van der Waals surface area contributed by atoms with Crippen molar-refractivity contribution in [2.75, 3.05) is 7.05 Å². The summed E-state index contributed by atoms with van der Waals surface area (Å²) in [6.45, 7) is 5.50. The molecule has 1 rings (SSSR count). The predicted octanol–water partition coefficient (Wildman–Crippen LogP) is 5.20. The summed E-state index contributed by atoms with van der Waals surface area (Å²) < 4.78 is 0. The van der Waals surface area contributed by atoms with Gasteiger partial charge in [-0.25, -0.2) is 4.98 Å². The highest BCUT2D eigenvalue weighted by Crippen LogP contribution is 2.33. The maximum absolute atomic E-state index is 13.3. The number of thiazole rings is 1. The molecule has 0 aromatic carbocycles. The Morgan fingerprint density at radius 3 is 2.18 bits per heavy atom. The molecule has 28 heavy (non-hydrogen) atoms. The maximum atomic E-state index is 13.3. The van der Waals surface area contributed by atoms with Crippen molar-refractivity contribution in [3.8, 4) is 0 Å². The molecule has 4 atom stereocenters. The Balaban J connectivity index is 3.08. The van der Waals surface area contributed by atoms with Gasteiger partial charge >= 0.3 is 0 Å². The maximum Gasteiger partial charge on any atom is 0.245 e. The molecule has 1 aromatic rings. The van der Waals surface area contributed by atoms with Crippen LogP contribution in [0.4, 0.5) is 0 Å². The number of nitrogens with zero attached hydrogens (tertiary/aromatic N) is 2. The molecule has 2 amide bonds. The van der Waals surface area contributed by atoms with E-state index in [-0.39, 0.29) is 36.1 Å². The van der Waals surface area contributed by atoms with Crippen molar-refractivity contribution in [3.63, 3.8) is 0 Å². The van der Waals surface area contributed by atoms with Gasteiger partial charge in [-0.2, -0.15) is 0 Å². The highest BCUT2D eigenvalue weighted by Gasteiger charge is 2.33. The van der Waals surface area contributed by atoms with E-state index in [1.54, 1.807) is 25.1 Å². The third-order valence-electron chi connectivity index (χ3n) is 4.57. The monoisotopic (exact) mass is 489 g/mol. The van der Waals surface area contributed by atoms with Gasteiger partial charge in [0.25, 0.3) is 0 Å². The third-order valence-corrected chi connectivity index (χ3v) is 7.17. The Morgan fingerprint density at radius 2 is 1.71 bits per heavy atom. The van der Waals surface area contributed by atoms with Crippen LogP contribution in [0.3, 0.4) is 0 Å². The molecule has 1 N–H and O–H groups in total. The molecular weight excluding hydrogens is 464 g/mol. The molecular formula is C18H27Cl4N3O2S. The number of likely N-dealkylation sites (N-methyl/N-ethyl adjacent to an activating group) is 1. The lowest BCUT2D eigenvalue weighted by Gasteiger charge is -2.33. The van der Waals surface area contributed by atoms with Crippen LogP contribution in [-0.4, -0.2) is 44.5 Å². The first-order chi connectivity index (χ1) is 13.1. The summed E-state index contributed by atoms with van der Waals surface area (Å²) >= 11 is 25.4. The molecule has 0 bridgehead atoms. The molecule has 0 aliphatic carbocycles. The molecule has 0 spiro atoms. The molecule has 0 unspecified atom stereocenters. The van der Waals surface area contributed by atoms with Gasteiger partial charge < -0.3 is 10.2 Å². The molecule has 5 nitrogen and oxygen atoms in total. The molecule has 0 saturated heterocycles. The zero-order valence-corrected chi connectivity index (χ0v) is 20.2. The first kappa shape index (κ1) is 25.8. The minimum Gasteiger partial charge on any atom is -0.344 e. The van der Waals surface area contributed by atoms with Crippen molar-refractivity contribution in [2.45, 2.75) is 61.8 Å². The van der Waals surface area contributed by atoms with Crippen molar-refractivity contribution < 1.29 is 9.59 Å². The van der Waals surface area contributed by atoms with Crippen molar-refractivity contribution in [2.24, 2.45) is 11.8 Å². The summed E-state index contributed by atoms with van der Waals surface area (Å²) in [7, 11) is 1.70. The first-order valence-corrected chi connectivity index (χ1v) is 11.7. The molecule has 1 aromatic heterocycles. The predicted molar refractivity (Wildman–Crippen MR) is 118 cm³/mol. The van der Waals surface area contributed by atoms with E-state index in [1.807, 2.05) is 19.2 Å². The smallest absolute Gasteiger partial charge is 0.245 e. The van der Waals surface area contributed by atoms with Crippen LogP contribution in [0.2, 0.25) is 0 Å². The number of nitrogens with one attached hydrogen (secondary N) is 1. The number of hydrogen-bond acceptors (Lipinski definition) is 4. The van der Waals surface area contributed by atoms with Gasteiger partial charge in [-0.15, -0.1) is 57.7 Å².